The number of carbonyl (C=O) groups is 1. The minimum absolute atomic E-state index is 0.178. The molecular formula is C14H19N5O2. The summed E-state index contributed by atoms with van der Waals surface area (Å²) in [4.78, 5) is 12.2. The fourth-order valence-electron chi connectivity index (χ4n) is 1.94. The second-order valence-electron chi connectivity index (χ2n) is 4.61. The fraction of sp³-hybridized carbons (Fsp3) is 0.286. The van der Waals surface area contributed by atoms with E-state index in [1.54, 1.807) is 36.3 Å². The maximum atomic E-state index is 12.2. The Morgan fingerprint density at radius 2 is 2.24 bits per heavy atom. The maximum Gasteiger partial charge on any atom is 0.256 e. The number of carbonyl (C=O) groups excluding carboxylic acids is 1. The zero-order valence-corrected chi connectivity index (χ0v) is 12.1. The van der Waals surface area contributed by atoms with Crippen LogP contribution in [0.1, 0.15) is 15.9 Å². The van der Waals surface area contributed by atoms with Gasteiger partial charge in [-0.05, 0) is 30.7 Å². The van der Waals surface area contributed by atoms with Gasteiger partial charge in [-0.15, -0.1) is 0 Å². The fourth-order valence-corrected chi connectivity index (χ4v) is 1.94. The summed E-state index contributed by atoms with van der Waals surface area (Å²) in [6.45, 7) is 3.07. The van der Waals surface area contributed by atoms with E-state index in [9.17, 15) is 4.79 Å². The normalized spacial score (nSPS) is 10.4. The summed E-state index contributed by atoms with van der Waals surface area (Å²) in [5, 5.41) is 6.96. The number of hydrazine groups is 1. The van der Waals surface area contributed by atoms with E-state index in [1.807, 2.05) is 13.0 Å². The minimum Gasteiger partial charge on any atom is -0.383 e. The lowest BCUT2D eigenvalue weighted by Gasteiger charge is -2.08. The predicted octanol–water partition coefficient (Wildman–Crippen LogP) is 1.38. The molecule has 2 rings (SSSR count). The van der Waals surface area contributed by atoms with E-state index in [-0.39, 0.29) is 5.91 Å². The summed E-state index contributed by atoms with van der Waals surface area (Å²) < 4.78 is 6.69. The van der Waals surface area contributed by atoms with Gasteiger partial charge in [0.2, 0.25) is 0 Å². The SMILES string of the molecule is COCCn1cc(NC(=O)c2ccc(NN)cc2C)cn1. The van der Waals surface area contributed by atoms with E-state index in [4.69, 9.17) is 10.6 Å². The molecule has 0 aliphatic carbocycles. The lowest BCUT2D eigenvalue weighted by atomic mass is 10.1. The molecule has 0 radical (unpaired) electrons. The van der Waals surface area contributed by atoms with Gasteiger partial charge >= 0.3 is 0 Å². The van der Waals surface area contributed by atoms with Crippen LogP contribution >= 0.6 is 0 Å². The van der Waals surface area contributed by atoms with Crippen molar-refractivity contribution in [1.29, 1.82) is 0 Å². The van der Waals surface area contributed by atoms with Gasteiger partial charge in [0, 0.05) is 24.6 Å². The van der Waals surface area contributed by atoms with Crippen LogP contribution in [-0.4, -0.2) is 29.4 Å². The number of hydrogen-bond acceptors (Lipinski definition) is 5. The van der Waals surface area contributed by atoms with Crippen LogP contribution in [0.5, 0.6) is 0 Å². The zero-order chi connectivity index (χ0) is 15.2. The molecule has 112 valence electrons. The van der Waals surface area contributed by atoms with Crippen molar-refractivity contribution in [1.82, 2.24) is 9.78 Å². The van der Waals surface area contributed by atoms with E-state index in [2.05, 4.69) is 15.8 Å². The maximum absolute atomic E-state index is 12.2. The summed E-state index contributed by atoms with van der Waals surface area (Å²) in [6.07, 6.45) is 3.38. The lowest BCUT2D eigenvalue weighted by molar-refractivity contribution is 0.102. The number of rotatable bonds is 6. The minimum atomic E-state index is -0.178. The second kappa shape index (κ2) is 6.87. The molecule has 0 atom stereocenters. The molecular weight excluding hydrogens is 270 g/mol. The number of aryl methyl sites for hydroxylation is 1. The summed E-state index contributed by atoms with van der Waals surface area (Å²) >= 11 is 0. The number of aromatic nitrogens is 2. The molecule has 21 heavy (non-hydrogen) atoms. The highest BCUT2D eigenvalue weighted by Gasteiger charge is 2.10. The van der Waals surface area contributed by atoms with E-state index in [0.717, 1.165) is 11.3 Å². The van der Waals surface area contributed by atoms with Crippen LogP contribution < -0.4 is 16.6 Å². The van der Waals surface area contributed by atoms with Gasteiger partial charge in [-0.1, -0.05) is 0 Å². The van der Waals surface area contributed by atoms with Crippen molar-refractivity contribution in [2.45, 2.75) is 13.5 Å². The van der Waals surface area contributed by atoms with Crippen LogP contribution in [0, 0.1) is 6.92 Å². The van der Waals surface area contributed by atoms with Gasteiger partial charge in [0.05, 0.1) is 25.0 Å². The van der Waals surface area contributed by atoms with Crippen molar-refractivity contribution in [3.05, 3.63) is 41.7 Å². The Morgan fingerprint density at radius 1 is 1.43 bits per heavy atom. The zero-order valence-electron chi connectivity index (χ0n) is 12.1. The monoisotopic (exact) mass is 289 g/mol. The van der Waals surface area contributed by atoms with Crippen LogP contribution in [0.2, 0.25) is 0 Å². The summed E-state index contributed by atoms with van der Waals surface area (Å²) in [5.74, 6) is 5.16. The number of nitrogens with two attached hydrogens (primary N) is 1. The Kier molecular flexibility index (Phi) is 4.91. The topological polar surface area (TPSA) is 94.2 Å². The molecule has 0 aliphatic rings. The van der Waals surface area contributed by atoms with Gasteiger partial charge in [0.25, 0.3) is 5.91 Å². The van der Waals surface area contributed by atoms with Crippen molar-refractivity contribution in [2.75, 3.05) is 24.5 Å². The first-order chi connectivity index (χ1) is 10.1. The quantitative estimate of drug-likeness (QED) is 0.551. The predicted molar refractivity (Wildman–Crippen MR) is 81.0 cm³/mol. The van der Waals surface area contributed by atoms with E-state index < -0.39 is 0 Å². The Balaban J connectivity index is 2.05. The van der Waals surface area contributed by atoms with Crippen molar-refractivity contribution in [2.24, 2.45) is 5.84 Å². The van der Waals surface area contributed by atoms with Gasteiger partial charge in [-0.25, -0.2) is 0 Å². The molecule has 2 aromatic rings. The highest BCUT2D eigenvalue weighted by molar-refractivity contribution is 6.05. The van der Waals surface area contributed by atoms with Crippen LogP contribution in [0.4, 0.5) is 11.4 Å². The molecule has 0 fully saturated rings. The molecule has 7 nitrogen and oxygen atoms in total. The number of anilines is 2. The second-order valence-corrected chi connectivity index (χ2v) is 4.61. The summed E-state index contributed by atoms with van der Waals surface area (Å²) in [5.41, 5.74) is 5.40. The highest BCUT2D eigenvalue weighted by Crippen LogP contribution is 2.16. The van der Waals surface area contributed by atoms with Crippen LogP contribution in [0.15, 0.2) is 30.6 Å². The van der Waals surface area contributed by atoms with Gasteiger partial charge in [-0.2, -0.15) is 5.10 Å². The van der Waals surface area contributed by atoms with Crippen LogP contribution in [-0.2, 0) is 11.3 Å². The molecule has 4 N–H and O–H groups in total. The van der Waals surface area contributed by atoms with Crippen molar-refractivity contribution >= 4 is 17.3 Å². The Bertz CT molecular complexity index is 624. The third-order valence-corrected chi connectivity index (χ3v) is 3.05. The number of nitrogen functional groups attached to an aromatic ring is 1. The van der Waals surface area contributed by atoms with Crippen LogP contribution in [0.25, 0.3) is 0 Å². The lowest BCUT2D eigenvalue weighted by Crippen LogP contribution is -2.14. The van der Waals surface area contributed by atoms with E-state index >= 15 is 0 Å². The molecule has 7 heteroatoms. The molecule has 1 aromatic heterocycles. The highest BCUT2D eigenvalue weighted by atomic mass is 16.5. The third-order valence-electron chi connectivity index (χ3n) is 3.05. The third kappa shape index (κ3) is 3.80. The number of ether oxygens (including phenoxy) is 1. The van der Waals surface area contributed by atoms with Crippen molar-refractivity contribution < 1.29 is 9.53 Å². The number of methoxy groups -OCH3 is 1. The average molecular weight is 289 g/mol. The first-order valence-corrected chi connectivity index (χ1v) is 6.54. The number of amides is 1. The van der Waals surface area contributed by atoms with Crippen molar-refractivity contribution in [3.8, 4) is 0 Å². The smallest absolute Gasteiger partial charge is 0.256 e. The standard InChI is InChI=1S/C14H19N5O2/c1-10-7-11(18-15)3-4-13(10)14(20)17-12-8-16-19(9-12)5-6-21-2/h3-4,7-9,18H,5-6,15H2,1-2H3,(H,17,20). The molecule has 0 bridgehead atoms. The number of hydrogen-bond donors (Lipinski definition) is 3. The van der Waals surface area contributed by atoms with Gasteiger partial charge < -0.3 is 15.5 Å². The molecule has 0 spiro atoms. The number of benzene rings is 1. The van der Waals surface area contributed by atoms with Crippen LogP contribution in [0.3, 0.4) is 0 Å². The van der Waals surface area contributed by atoms with Gasteiger partial charge in [-0.3, -0.25) is 15.3 Å². The average Bonchev–Trinajstić information content (AvgIpc) is 2.92. The van der Waals surface area contributed by atoms with E-state index in [1.165, 1.54) is 0 Å². The summed E-state index contributed by atoms with van der Waals surface area (Å²) in [7, 11) is 1.63. The Hall–Kier alpha value is -2.38. The number of nitrogens with zero attached hydrogens (tertiary/aromatic N) is 2. The molecule has 1 heterocycles. The van der Waals surface area contributed by atoms with E-state index in [0.29, 0.717) is 24.4 Å². The molecule has 0 aliphatic heterocycles. The van der Waals surface area contributed by atoms with Gasteiger partial charge in [0.15, 0.2) is 0 Å². The first-order valence-electron chi connectivity index (χ1n) is 6.54. The Morgan fingerprint density at radius 3 is 2.90 bits per heavy atom. The molecule has 0 saturated carbocycles. The molecule has 1 amide bonds. The molecule has 0 unspecified atom stereocenters. The van der Waals surface area contributed by atoms with Crippen molar-refractivity contribution in [3.63, 3.8) is 0 Å². The largest absolute Gasteiger partial charge is 0.383 e. The molecule has 1 aromatic carbocycles. The van der Waals surface area contributed by atoms with Gasteiger partial charge in [0.1, 0.15) is 0 Å². The molecule has 0 saturated heterocycles. The number of nitrogens with one attached hydrogen (secondary N) is 2. The summed E-state index contributed by atoms with van der Waals surface area (Å²) in [6, 6.07) is 5.30. The Labute approximate surface area is 123 Å². The first kappa shape index (κ1) is 15.0.